The standard InChI is InChI=1S/C18H18N4O/c19-13-14-6-2-3-7-16(14)21-18(23)17-12-15(8-9-20-17)22-10-4-1-5-11-22/h2-3,6-9,12H,1,4-5,10-11H2,(H,21,23). The molecule has 1 amide bonds. The molecular formula is C18H18N4O. The summed E-state index contributed by atoms with van der Waals surface area (Å²) in [5, 5.41) is 11.9. The molecule has 0 spiro atoms. The van der Waals surface area contributed by atoms with Crippen LogP contribution in [-0.2, 0) is 0 Å². The van der Waals surface area contributed by atoms with E-state index in [1.54, 1.807) is 30.5 Å². The third kappa shape index (κ3) is 3.49. The Morgan fingerprint density at radius 1 is 1.17 bits per heavy atom. The average molecular weight is 306 g/mol. The Bertz CT molecular complexity index is 745. The summed E-state index contributed by atoms with van der Waals surface area (Å²) in [6.45, 7) is 2.03. The van der Waals surface area contributed by atoms with Crippen LogP contribution in [0.5, 0.6) is 0 Å². The van der Waals surface area contributed by atoms with E-state index in [1.807, 2.05) is 12.1 Å². The van der Waals surface area contributed by atoms with Crippen LogP contribution in [0.1, 0.15) is 35.3 Å². The molecule has 2 aromatic rings. The minimum Gasteiger partial charge on any atom is -0.371 e. The molecule has 1 saturated heterocycles. The molecule has 0 bridgehead atoms. The summed E-state index contributed by atoms with van der Waals surface area (Å²) in [6.07, 6.45) is 5.29. The number of hydrogen-bond acceptors (Lipinski definition) is 4. The molecule has 116 valence electrons. The molecule has 3 rings (SSSR count). The highest BCUT2D eigenvalue weighted by molar-refractivity contribution is 6.04. The number of pyridine rings is 1. The first kappa shape index (κ1) is 15.0. The van der Waals surface area contributed by atoms with Gasteiger partial charge in [-0.05, 0) is 43.5 Å². The number of benzene rings is 1. The fraction of sp³-hybridized carbons (Fsp3) is 0.278. The number of para-hydroxylation sites is 1. The van der Waals surface area contributed by atoms with Crippen LogP contribution in [0.15, 0.2) is 42.6 Å². The average Bonchev–Trinajstić information content (AvgIpc) is 2.63. The number of nitrogens with zero attached hydrogens (tertiary/aromatic N) is 3. The maximum atomic E-state index is 12.4. The Kier molecular flexibility index (Phi) is 4.53. The highest BCUT2D eigenvalue weighted by atomic mass is 16.1. The van der Waals surface area contributed by atoms with Crippen LogP contribution in [0.2, 0.25) is 0 Å². The molecule has 5 heteroatoms. The fourth-order valence-electron chi connectivity index (χ4n) is 2.77. The van der Waals surface area contributed by atoms with Gasteiger partial charge in [0.2, 0.25) is 0 Å². The molecule has 1 aliphatic heterocycles. The number of carbonyl (C=O) groups excluding carboxylic acids is 1. The van der Waals surface area contributed by atoms with Gasteiger partial charge in [0.05, 0.1) is 11.3 Å². The van der Waals surface area contributed by atoms with E-state index in [-0.39, 0.29) is 5.91 Å². The molecule has 2 heterocycles. The van der Waals surface area contributed by atoms with Gasteiger partial charge in [0.1, 0.15) is 11.8 Å². The normalized spacial score (nSPS) is 14.1. The van der Waals surface area contributed by atoms with E-state index >= 15 is 0 Å². The van der Waals surface area contributed by atoms with Crippen LogP contribution < -0.4 is 10.2 Å². The maximum absolute atomic E-state index is 12.4. The van der Waals surface area contributed by atoms with Crippen molar-refractivity contribution in [2.45, 2.75) is 19.3 Å². The van der Waals surface area contributed by atoms with Gasteiger partial charge in [0.25, 0.3) is 5.91 Å². The van der Waals surface area contributed by atoms with E-state index in [9.17, 15) is 4.79 Å². The monoisotopic (exact) mass is 306 g/mol. The van der Waals surface area contributed by atoms with Crippen molar-refractivity contribution < 1.29 is 4.79 Å². The lowest BCUT2D eigenvalue weighted by Crippen LogP contribution is -2.29. The summed E-state index contributed by atoms with van der Waals surface area (Å²) in [4.78, 5) is 18.9. The van der Waals surface area contributed by atoms with Gasteiger partial charge in [0.15, 0.2) is 0 Å². The zero-order chi connectivity index (χ0) is 16.1. The number of amides is 1. The lowest BCUT2D eigenvalue weighted by molar-refractivity contribution is 0.102. The molecule has 0 aliphatic carbocycles. The van der Waals surface area contributed by atoms with Crippen molar-refractivity contribution in [2.24, 2.45) is 0 Å². The molecule has 1 aliphatic rings. The summed E-state index contributed by atoms with van der Waals surface area (Å²) < 4.78 is 0. The predicted octanol–water partition coefficient (Wildman–Crippen LogP) is 3.20. The van der Waals surface area contributed by atoms with E-state index in [0.717, 1.165) is 18.8 Å². The number of rotatable bonds is 3. The third-order valence-corrected chi connectivity index (χ3v) is 3.99. The van der Waals surface area contributed by atoms with E-state index < -0.39 is 0 Å². The Labute approximate surface area is 135 Å². The van der Waals surface area contributed by atoms with Crippen LogP contribution in [0.25, 0.3) is 0 Å². The largest absolute Gasteiger partial charge is 0.371 e. The summed E-state index contributed by atoms with van der Waals surface area (Å²) in [7, 11) is 0. The fourth-order valence-corrected chi connectivity index (χ4v) is 2.77. The Morgan fingerprint density at radius 2 is 1.96 bits per heavy atom. The zero-order valence-electron chi connectivity index (χ0n) is 12.8. The minimum atomic E-state index is -0.299. The van der Waals surface area contributed by atoms with Crippen LogP contribution in [-0.4, -0.2) is 24.0 Å². The second kappa shape index (κ2) is 6.93. The second-order valence-electron chi connectivity index (χ2n) is 5.56. The Hall–Kier alpha value is -2.87. The first-order valence-electron chi connectivity index (χ1n) is 7.79. The molecule has 5 nitrogen and oxygen atoms in total. The molecule has 0 unspecified atom stereocenters. The first-order chi connectivity index (χ1) is 11.3. The first-order valence-corrected chi connectivity index (χ1v) is 7.79. The van der Waals surface area contributed by atoms with E-state index in [0.29, 0.717) is 16.9 Å². The number of anilines is 2. The van der Waals surface area contributed by atoms with Crippen molar-refractivity contribution in [3.05, 3.63) is 53.9 Å². The van der Waals surface area contributed by atoms with Gasteiger partial charge in [-0.15, -0.1) is 0 Å². The van der Waals surface area contributed by atoms with Gasteiger partial charge in [-0.25, -0.2) is 0 Å². The van der Waals surface area contributed by atoms with E-state index in [1.165, 1.54) is 19.3 Å². The van der Waals surface area contributed by atoms with Crippen molar-refractivity contribution in [3.63, 3.8) is 0 Å². The highest BCUT2D eigenvalue weighted by Crippen LogP contribution is 2.21. The summed E-state index contributed by atoms with van der Waals surface area (Å²) in [6, 6.07) is 12.8. The quantitative estimate of drug-likeness (QED) is 0.945. The van der Waals surface area contributed by atoms with Gasteiger partial charge in [-0.3, -0.25) is 9.78 Å². The number of piperidine rings is 1. The predicted molar refractivity (Wildman–Crippen MR) is 89.4 cm³/mol. The topological polar surface area (TPSA) is 69.0 Å². The van der Waals surface area contributed by atoms with Crippen LogP contribution in [0, 0.1) is 11.3 Å². The molecule has 0 atom stereocenters. The summed E-state index contributed by atoms with van der Waals surface area (Å²) in [5.74, 6) is -0.299. The molecular weight excluding hydrogens is 288 g/mol. The Balaban J connectivity index is 1.78. The number of nitriles is 1. The molecule has 0 saturated carbocycles. The number of hydrogen-bond donors (Lipinski definition) is 1. The lowest BCUT2D eigenvalue weighted by atomic mass is 10.1. The van der Waals surface area contributed by atoms with Gasteiger partial charge < -0.3 is 10.2 Å². The molecule has 1 aromatic carbocycles. The number of carbonyl (C=O) groups is 1. The van der Waals surface area contributed by atoms with Gasteiger partial charge in [0, 0.05) is 25.0 Å². The third-order valence-electron chi connectivity index (χ3n) is 3.99. The Morgan fingerprint density at radius 3 is 2.74 bits per heavy atom. The van der Waals surface area contributed by atoms with Gasteiger partial charge in [-0.2, -0.15) is 5.26 Å². The molecule has 23 heavy (non-hydrogen) atoms. The molecule has 0 radical (unpaired) electrons. The summed E-state index contributed by atoms with van der Waals surface area (Å²) >= 11 is 0. The van der Waals surface area contributed by atoms with Crippen LogP contribution in [0.3, 0.4) is 0 Å². The highest BCUT2D eigenvalue weighted by Gasteiger charge is 2.15. The second-order valence-corrected chi connectivity index (χ2v) is 5.56. The van der Waals surface area contributed by atoms with Crippen molar-refractivity contribution in [1.82, 2.24) is 4.98 Å². The number of aromatic nitrogens is 1. The minimum absolute atomic E-state index is 0.299. The SMILES string of the molecule is N#Cc1ccccc1NC(=O)c1cc(N2CCCCC2)ccn1. The molecule has 1 aromatic heterocycles. The maximum Gasteiger partial charge on any atom is 0.274 e. The van der Waals surface area contributed by atoms with Crippen LogP contribution >= 0.6 is 0 Å². The zero-order valence-corrected chi connectivity index (χ0v) is 12.8. The lowest BCUT2D eigenvalue weighted by Gasteiger charge is -2.28. The smallest absolute Gasteiger partial charge is 0.274 e. The van der Waals surface area contributed by atoms with Crippen molar-refractivity contribution in [3.8, 4) is 6.07 Å². The van der Waals surface area contributed by atoms with E-state index in [4.69, 9.17) is 5.26 Å². The number of nitrogens with one attached hydrogen (secondary N) is 1. The van der Waals surface area contributed by atoms with Crippen LogP contribution in [0.4, 0.5) is 11.4 Å². The van der Waals surface area contributed by atoms with Crippen molar-refractivity contribution in [1.29, 1.82) is 5.26 Å². The molecule has 1 fully saturated rings. The molecule has 1 N–H and O–H groups in total. The van der Waals surface area contributed by atoms with Crippen molar-refractivity contribution in [2.75, 3.05) is 23.3 Å². The summed E-state index contributed by atoms with van der Waals surface area (Å²) in [5.41, 5.74) is 2.33. The van der Waals surface area contributed by atoms with E-state index in [2.05, 4.69) is 21.3 Å². The van der Waals surface area contributed by atoms with Crippen molar-refractivity contribution >= 4 is 17.3 Å². The van der Waals surface area contributed by atoms with Gasteiger partial charge in [-0.1, -0.05) is 12.1 Å². The van der Waals surface area contributed by atoms with Gasteiger partial charge >= 0.3 is 0 Å².